The summed E-state index contributed by atoms with van der Waals surface area (Å²) in [5.41, 5.74) is 0.949. The Morgan fingerprint density at radius 1 is 0.897 bits per heavy atom. The van der Waals surface area contributed by atoms with E-state index in [0.29, 0.717) is 11.1 Å². The number of esters is 1. The molecule has 2 atom stereocenters. The van der Waals surface area contributed by atoms with Crippen LogP contribution in [0.3, 0.4) is 0 Å². The molecular weight excluding hydrogens is 517 g/mol. The first-order valence-corrected chi connectivity index (χ1v) is 17.1. The van der Waals surface area contributed by atoms with E-state index in [9.17, 15) is 14.3 Å². The van der Waals surface area contributed by atoms with Gasteiger partial charge in [0.05, 0.1) is 33.9 Å². The number of piperidine rings is 1. The summed E-state index contributed by atoms with van der Waals surface area (Å²) in [5, 5.41) is 0. The number of allylic oxidation sites excluding steroid dienone is 1. The standard InChI is InChI=1S/C30H58NO7P/c1-5-7-8-9-10-11-12-13-14-15-16-17-18-21-24-35-26-29(38-30(32)6-2)27-37-39(33,34)36-25-28-22-19-20-23-31(28,3)4/h25,29H,5-24,26-27H2,1-4H3/p+1. The molecule has 1 fully saturated rings. The number of nitrogens with zero attached hydrogens (tertiary/aromatic N) is 1. The third-order valence-electron chi connectivity index (χ3n) is 7.46. The Morgan fingerprint density at radius 2 is 1.46 bits per heavy atom. The van der Waals surface area contributed by atoms with Gasteiger partial charge in [0, 0.05) is 19.4 Å². The summed E-state index contributed by atoms with van der Waals surface area (Å²) in [6.45, 7) is 5.34. The largest absolute Gasteiger partial charge is 0.527 e. The lowest BCUT2D eigenvalue weighted by molar-refractivity contribution is -0.858. The molecule has 1 saturated heterocycles. The van der Waals surface area contributed by atoms with Gasteiger partial charge in [-0.2, -0.15) is 0 Å². The second-order valence-electron chi connectivity index (χ2n) is 11.5. The van der Waals surface area contributed by atoms with E-state index >= 15 is 0 Å². The molecule has 1 aliphatic heterocycles. The van der Waals surface area contributed by atoms with Crippen LogP contribution in [0.25, 0.3) is 0 Å². The van der Waals surface area contributed by atoms with Gasteiger partial charge in [0.2, 0.25) is 0 Å². The number of phosphoric ester groups is 1. The van der Waals surface area contributed by atoms with E-state index in [0.717, 1.165) is 44.3 Å². The van der Waals surface area contributed by atoms with Gasteiger partial charge >= 0.3 is 13.8 Å². The Kier molecular flexibility index (Phi) is 20.2. The number of hydrogen-bond acceptors (Lipinski definition) is 6. The van der Waals surface area contributed by atoms with Crippen molar-refractivity contribution in [2.75, 3.05) is 40.5 Å². The summed E-state index contributed by atoms with van der Waals surface area (Å²) < 4.78 is 34.4. The van der Waals surface area contributed by atoms with E-state index in [1.807, 2.05) is 14.1 Å². The lowest BCUT2D eigenvalue weighted by Crippen LogP contribution is -2.41. The number of rotatable bonds is 24. The number of carbonyl (C=O) groups is 1. The Labute approximate surface area is 239 Å². The molecule has 1 heterocycles. The number of quaternary nitrogens is 1. The van der Waals surface area contributed by atoms with Crippen molar-refractivity contribution in [1.82, 2.24) is 0 Å². The van der Waals surface area contributed by atoms with Crippen molar-refractivity contribution in [1.29, 1.82) is 0 Å². The fourth-order valence-corrected chi connectivity index (χ4v) is 5.47. The van der Waals surface area contributed by atoms with Crippen molar-refractivity contribution in [3.63, 3.8) is 0 Å². The average Bonchev–Trinajstić information content (AvgIpc) is 2.90. The summed E-state index contributed by atoms with van der Waals surface area (Å²) in [6, 6.07) is 0. The van der Waals surface area contributed by atoms with Crippen molar-refractivity contribution in [2.24, 2.45) is 0 Å². The first-order valence-electron chi connectivity index (χ1n) is 15.7. The van der Waals surface area contributed by atoms with Crippen molar-refractivity contribution in [3.05, 3.63) is 12.0 Å². The molecular formula is C30H59NO7P+. The average molecular weight is 577 g/mol. The van der Waals surface area contributed by atoms with Crippen LogP contribution in [-0.4, -0.2) is 61.9 Å². The second kappa shape index (κ2) is 21.8. The van der Waals surface area contributed by atoms with Gasteiger partial charge in [-0.3, -0.25) is 18.7 Å². The van der Waals surface area contributed by atoms with Gasteiger partial charge < -0.3 is 14.0 Å². The van der Waals surface area contributed by atoms with Crippen molar-refractivity contribution in [3.8, 4) is 0 Å². The molecule has 0 saturated carbocycles. The number of unbranched alkanes of at least 4 members (excludes halogenated alkanes) is 13. The van der Waals surface area contributed by atoms with Crippen LogP contribution >= 0.6 is 7.82 Å². The maximum Gasteiger partial charge on any atom is 0.527 e. The third kappa shape index (κ3) is 18.9. The highest BCUT2D eigenvalue weighted by atomic mass is 31.2. The molecule has 0 aromatic rings. The highest BCUT2D eigenvalue weighted by molar-refractivity contribution is 7.47. The number of carbonyl (C=O) groups excluding carboxylic acids is 1. The number of ether oxygens (including phenoxy) is 2. The Balaban J connectivity index is 2.18. The minimum Gasteiger partial charge on any atom is -0.457 e. The Hall–Kier alpha value is -0.920. The molecule has 0 aromatic heterocycles. The third-order valence-corrected chi connectivity index (χ3v) is 8.30. The Bertz CT molecular complexity index is 713. The molecule has 1 N–H and O–H groups in total. The van der Waals surface area contributed by atoms with Crippen LogP contribution in [-0.2, 0) is 27.9 Å². The van der Waals surface area contributed by atoms with Crippen LogP contribution in [0.2, 0.25) is 0 Å². The van der Waals surface area contributed by atoms with E-state index in [1.165, 1.54) is 83.3 Å². The van der Waals surface area contributed by atoms with Gasteiger partial charge in [0.1, 0.15) is 11.8 Å². The number of likely N-dealkylation sites (tertiary alicyclic amines) is 1. The quantitative estimate of drug-likeness (QED) is 0.0409. The molecule has 0 bridgehead atoms. The maximum atomic E-state index is 12.4. The molecule has 0 spiro atoms. The first-order chi connectivity index (χ1) is 18.7. The van der Waals surface area contributed by atoms with E-state index in [4.69, 9.17) is 18.5 Å². The summed E-state index contributed by atoms with van der Waals surface area (Å²) in [4.78, 5) is 22.0. The fourth-order valence-electron chi connectivity index (χ4n) is 4.80. The second-order valence-corrected chi connectivity index (χ2v) is 12.9. The number of hydrogen-bond donors (Lipinski definition) is 1. The minimum absolute atomic E-state index is 0.120. The smallest absolute Gasteiger partial charge is 0.457 e. The molecule has 9 heteroatoms. The molecule has 230 valence electrons. The predicted molar refractivity (Wildman–Crippen MR) is 157 cm³/mol. The first kappa shape index (κ1) is 36.1. The molecule has 2 unspecified atom stereocenters. The van der Waals surface area contributed by atoms with Crippen LogP contribution < -0.4 is 0 Å². The van der Waals surface area contributed by atoms with Gasteiger partial charge in [-0.15, -0.1) is 0 Å². The lowest BCUT2D eigenvalue weighted by Gasteiger charge is -2.35. The minimum atomic E-state index is -4.33. The van der Waals surface area contributed by atoms with Crippen LogP contribution in [0.1, 0.15) is 129 Å². The van der Waals surface area contributed by atoms with Crippen LogP contribution in [0.4, 0.5) is 0 Å². The van der Waals surface area contributed by atoms with Gasteiger partial charge in [-0.05, 0) is 19.3 Å². The predicted octanol–water partition coefficient (Wildman–Crippen LogP) is 8.04. The van der Waals surface area contributed by atoms with Gasteiger partial charge in [0.25, 0.3) is 0 Å². The summed E-state index contributed by atoms with van der Waals surface area (Å²) >= 11 is 0. The van der Waals surface area contributed by atoms with Gasteiger partial charge in [-0.1, -0.05) is 97.3 Å². The van der Waals surface area contributed by atoms with Crippen LogP contribution in [0.15, 0.2) is 12.0 Å². The van der Waals surface area contributed by atoms with Crippen molar-refractivity contribution in [2.45, 2.75) is 136 Å². The SMILES string of the molecule is CCCCCCCCCCCCCCCCOCC(COP(=O)(O)OC=C1CCCC[N+]1(C)C)OC(=O)CC. The van der Waals surface area contributed by atoms with Crippen molar-refractivity contribution >= 4 is 13.8 Å². The van der Waals surface area contributed by atoms with E-state index in [-0.39, 0.29) is 19.6 Å². The van der Waals surface area contributed by atoms with Crippen molar-refractivity contribution < 1.29 is 37.3 Å². The molecule has 1 aliphatic rings. The fraction of sp³-hybridized carbons (Fsp3) is 0.900. The lowest BCUT2D eigenvalue weighted by atomic mass is 10.0. The molecule has 0 aliphatic carbocycles. The van der Waals surface area contributed by atoms with Crippen LogP contribution in [0.5, 0.6) is 0 Å². The topological polar surface area (TPSA) is 91.3 Å². The maximum absolute atomic E-state index is 12.4. The van der Waals surface area contributed by atoms with E-state index in [2.05, 4.69) is 6.92 Å². The molecule has 39 heavy (non-hydrogen) atoms. The van der Waals surface area contributed by atoms with Gasteiger partial charge in [0.15, 0.2) is 6.26 Å². The van der Waals surface area contributed by atoms with Gasteiger partial charge in [-0.25, -0.2) is 4.57 Å². The molecule has 1 rings (SSSR count). The molecule has 0 amide bonds. The monoisotopic (exact) mass is 576 g/mol. The highest BCUT2D eigenvalue weighted by Crippen LogP contribution is 2.44. The van der Waals surface area contributed by atoms with E-state index < -0.39 is 19.9 Å². The summed E-state index contributed by atoms with van der Waals surface area (Å²) in [6.07, 6.45) is 21.9. The number of phosphoric acid groups is 1. The zero-order valence-corrected chi connectivity index (χ0v) is 26.4. The zero-order valence-electron chi connectivity index (χ0n) is 25.5. The summed E-state index contributed by atoms with van der Waals surface area (Å²) in [5.74, 6) is -0.402. The van der Waals surface area contributed by atoms with Crippen LogP contribution in [0, 0.1) is 0 Å². The highest BCUT2D eigenvalue weighted by Gasteiger charge is 2.30. The molecule has 0 radical (unpaired) electrons. The normalized spacial score (nSPS) is 18.5. The van der Waals surface area contributed by atoms with E-state index in [1.54, 1.807) is 6.92 Å². The molecule has 0 aromatic carbocycles. The zero-order chi connectivity index (χ0) is 28.8. The Morgan fingerprint density at radius 3 is 2.00 bits per heavy atom. The molecule has 8 nitrogen and oxygen atoms in total. The summed E-state index contributed by atoms with van der Waals surface area (Å²) in [7, 11) is -0.233.